The van der Waals surface area contributed by atoms with E-state index in [1.165, 1.54) is 0 Å². The Labute approximate surface area is 90.2 Å². The van der Waals surface area contributed by atoms with Gasteiger partial charge in [-0.05, 0) is 18.8 Å². The van der Waals surface area contributed by atoms with Gasteiger partial charge < -0.3 is 14.9 Å². The molecule has 0 spiro atoms. The molecule has 0 aliphatic carbocycles. The Morgan fingerprint density at radius 1 is 1.47 bits per heavy atom. The molecule has 1 fully saturated rings. The first-order chi connectivity index (χ1) is 7.06. The van der Waals surface area contributed by atoms with Crippen LogP contribution in [0.4, 0.5) is 0 Å². The van der Waals surface area contributed by atoms with Crippen LogP contribution in [-0.2, 0) is 9.53 Å². The lowest BCUT2D eigenvalue weighted by molar-refractivity contribution is -0.144. The number of carbonyl (C=O) groups excluding carboxylic acids is 1. The van der Waals surface area contributed by atoms with Gasteiger partial charge in [0.25, 0.3) is 0 Å². The third kappa shape index (κ3) is 3.18. The molecular weight excluding hydrogens is 196 g/mol. The zero-order chi connectivity index (χ0) is 11.4. The van der Waals surface area contributed by atoms with Crippen molar-refractivity contribution in [3.8, 4) is 0 Å². The molecule has 0 radical (unpaired) electrons. The van der Waals surface area contributed by atoms with Crippen molar-refractivity contribution in [2.75, 3.05) is 13.2 Å². The van der Waals surface area contributed by atoms with Crippen molar-refractivity contribution in [1.82, 2.24) is 0 Å². The molecule has 3 atom stereocenters. The lowest BCUT2D eigenvalue weighted by Crippen LogP contribution is -2.31. The molecular formula is C11H20O4. The highest BCUT2D eigenvalue weighted by molar-refractivity contribution is 5.75. The summed E-state index contributed by atoms with van der Waals surface area (Å²) >= 11 is 0. The summed E-state index contributed by atoms with van der Waals surface area (Å²) in [5.41, 5.74) is 0. The molecule has 2 N–H and O–H groups in total. The third-order valence-electron chi connectivity index (χ3n) is 2.91. The van der Waals surface area contributed by atoms with Gasteiger partial charge in [-0.25, -0.2) is 0 Å². The van der Waals surface area contributed by atoms with Gasteiger partial charge in [-0.15, -0.1) is 0 Å². The maximum absolute atomic E-state index is 11.3. The van der Waals surface area contributed by atoms with Crippen LogP contribution in [0.25, 0.3) is 0 Å². The molecule has 4 nitrogen and oxygen atoms in total. The van der Waals surface area contributed by atoms with Crippen molar-refractivity contribution in [3.05, 3.63) is 0 Å². The topological polar surface area (TPSA) is 66.8 Å². The molecule has 0 aromatic heterocycles. The molecule has 0 saturated carbocycles. The van der Waals surface area contributed by atoms with Crippen LogP contribution in [0.15, 0.2) is 0 Å². The zero-order valence-electron chi connectivity index (χ0n) is 9.35. The van der Waals surface area contributed by atoms with E-state index in [0.29, 0.717) is 12.3 Å². The van der Waals surface area contributed by atoms with E-state index >= 15 is 0 Å². The first-order valence-electron chi connectivity index (χ1n) is 5.51. The second kappa shape index (κ2) is 5.47. The number of hydrogen-bond donors (Lipinski definition) is 2. The fraction of sp³-hybridized carbons (Fsp3) is 0.909. The molecule has 1 aliphatic heterocycles. The molecule has 1 heterocycles. The minimum atomic E-state index is -0.681. The summed E-state index contributed by atoms with van der Waals surface area (Å²) in [6.45, 7) is 4.28. The molecule has 1 unspecified atom stereocenters. The van der Waals surface area contributed by atoms with E-state index < -0.39 is 12.0 Å². The highest BCUT2D eigenvalue weighted by Crippen LogP contribution is 2.27. The number of hydrogen-bond acceptors (Lipinski definition) is 4. The van der Waals surface area contributed by atoms with Crippen LogP contribution in [0.2, 0.25) is 0 Å². The summed E-state index contributed by atoms with van der Waals surface area (Å²) in [4.78, 5) is 11.3. The van der Waals surface area contributed by atoms with Gasteiger partial charge in [0.1, 0.15) is 0 Å². The van der Waals surface area contributed by atoms with E-state index in [1.54, 1.807) is 0 Å². The number of ether oxygens (including phenoxy) is 1. The average Bonchev–Trinajstić information content (AvgIpc) is 2.56. The zero-order valence-corrected chi connectivity index (χ0v) is 9.35. The number of cyclic esters (lactones) is 1. The molecule has 0 amide bonds. The fourth-order valence-electron chi connectivity index (χ4n) is 1.90. The Morgan fingerprint density at radius 2 is 2.13 bits per heavy atom. The van der Waals surface area contributed by atoms with Crippen LogP contribution in [0.1, 0.15) is 26.7 Å². The van der Waals surface area contributed by atoms with E-state index in [2.05, 4.69) is 13.8 Å². The van der Waals surface area contributed by atoms with Crippen molar-refractivity contribution >= 4 is 5.97 Å². The van der Waals surface area contributed by atoms with Crippen molar-refractivity contribution in [2.24, 2.45) is 17.8 Å². The van der Waals surface area contributed by atoms with Crippen molar-refractivity contribution < 1.29 is 19.7 Å². The van der Waals surface area contributed by atoms with Gasteiger partial charge in [0.15, 0.2) is 0 Å². The molecule has 0 aromatic carbocycles. The Hall–Kier alpha value is -0.610. The minimum Gasteiger partial charge on any atom is -0.465 e. The van der Waals surface area contributed by atoms with Crippen molar-refractivity contribution in [1.29, 1.82) is 0 Å². The second-order valence-electron chi connectivity index (χ2n) is 4.64. The standard InChI is InChI=1S/C11H20O4/c1-7(2)3-4-9(13)10-8(5-12)6-15-11(10)14/h7-10,12-13H,3-6H2,1-2H3/t8-,9?,10+/m1/s1. The minimum absolute atomic E-state index is 0.102. The molecule has 0 bridgehead atoms. The lowest BCUT2D eigenvalue weighted by Gasteiger charge is -2.19. The number of esters is 1. The summed E-state index contributed by atoms with van der Waals surface area (Å²) < 4.78 is 4.84. The maximum Gasteiger partial charge on any atom is 0.312 e. The molecule has 15 heavy (non-hydrogen) atoms. The second-order valence-corrected chi connectivity index (χ2v) is 4.64. The summed E-state index contributed by atoms with van der Waals surface area (Å²) in [6, 6.07) is 0. The quantitative estimate of drug-likeness (QED) is 0.659. The predicted octanol–water partition coefficient (Wildman–Crippen LogP) is 0.565. The Bertz CT molecular complexity index is 215. The number of carbonyl (C=O) groups is 1. The van der Waals surface area contributed by atoms with E-state index in [0.717, 1.165) is 6.42 Å². The lowest BCUT2D eigenvalue weighted by atomic mass is 9.87. The van der Waals surface area contributed by atoms with Gasteiger partial charge in [-0.3, -0.25) is 4.79 Å². The van der Waals surface area contributed by atoms with Crippen molar-refractivity contribution in [2.45, 2.75) is 32.8 Å². The smallest absolute Gasteiger partial charge is 0.312 e. The van der Waals surface area contributed by atoms with Crippen LogP contribution >= 0.6 is 0 Å². The molecule has 0 aromatic rings. The van der Waals surface area contributed by atoms with Crippen molar-refractivity contribution in [3.63, 3.8) is 0 Å². The van der Waals surface area contributed by atoms with E-state index in [-0.39, 0.29) is 25.1 Å². The summed E-state index contributed by atoms with van der Waals surface area (Å²) in [5.74, 6) is -0.636. The average molecular weight is 216 g/mol. The summed E-state index contributed by atoms with van der Waals surface area (Å²) in [5, 5.41) is 18.9. The normalized spacial score (nSPS) is 28.2. The molecule has 1 aliphatic rings. The molecule has 1 saturated heterocycles. The van der Waals surface area contributed by atoms with Gasteiger partial charge in [0.05, 0.1) is 25.2 Å². The molecule has 88 valence electrons. The van der Waals surface area contributed by atoms with Gasteiger partial charge in [0.2, 0.25) is 0 Å². The van der Waals surface area contributed by atoms with E-state index in [4.69, 9.17) is 9.84 Å². The summed E-state index contributed by atoms with van der Waals surface area (Å²) in [7, 11) is 0. The van der Waals surface area contributed by atoms with Crippen LogP contribution in [-0.4, -0.2) is 35.5 Å². The molecule has 1 rings (SSSR count). The Morgan fingerprint density at radius 3 is 2.67 bits per heavy atom. The SMILES string of the molecule is CC(C)CCC(O)[C@H]1C(=O)OC[C@H]1CO. The van der Waals surface area contributed by atoms with Gasteiger partial charge in [-0.2, -0.15) is 0 Å². The van der Waals surface area contributed by atoms with Gasteiger partial charge >= 0.3 is 5.97 Å². The fourth-order valence-corrected chi connectivity index (χ4v) is 1.90. The van der Waals surface area contributed by atoms with Crippen LogP contribution in [0, 0.1) is 17.8 Å². The third-order valence-corrected chi connectivity index (χ3v) is 2.91. The maximum atomic E-state index is 11.3. The monoisotopic (exact) mass is 216 g/mol. The van der Waals surface area contributed by atoms with Gasteiger partial charge in [-0.1, -0.05) is 13.8 Å². The Balaban J connectivity index is 2.48. The number of aliphatic hydroxyl groups excluding tert-OH is 2. The van der Waals surface area contributed by atoms with Crippen LogP contribution in [0.3, 0.4) is 0 Å². The van der Waals surface area contributed by atoms with Crippen LogP contribution in [0.5, 0.6) is 0 Å². The largest absolute Gasteiger partial charge is 0.465 e. The molecule has 4 heteroatoms. The van der Waals surface area contributed by atoms with Gasteiger partial charge in [0, 0.05) is 5.92 Å². The highest BCUT2D eigenvalue weighted by Gasteiger charge is 2.41. The highest BCUT2D eigenvalue weighted by atomic mass is 16.5. The van der Waals surface area contributed by atoms with Crippen LogP contribution < -0.4 is 0 Å². The number of aliphatic hydroxyl groups is 2. The van der Waals surface area contributed by atoms with E-state index in [1.807, 2.05) is 0 Å². The van der Waals surface area contributed by atoms with E-state index in [9.17, 15) is 9.90 Å². The Kier molecular flexibility index (Phi) is 4.54. The predicted molar refractivity (Wildman–Crippen MR) is 55.1 cm³/mol. The summed E-state index contributed by atoms with van der Waals surface area (Å²) in [6.07, 6.45) is 0.788. The first kappa shape index (κ1) is 12.5. The number of rotatable bonds is 5. The first-order valence-corrected chi connectivity index (χ1v) is 5.51.